The molecule has 0 saturated carbocycles. The first-order chi connectivity index (χ1) is 4.83. The van der Waals surface area contributed by atoms with Crippen LogP contribution in [0.15, 0.2) is 0 Å². The van der Waals surface area contributed by atoms with Gasteiger partial charge < -0.3 is 0 Å². The van der Waals surface area contributed by atoms with E-state index in [0.29, 0.717) is 0 Å². The summed E-state index contributed by atoms with van der Waals surface area (Å²) < 4.78 is 5.48. The molecule has 1 fully saturated rings. The molecule has 0 aromatic heterocycles. The minimum Gasteiger partial charge on any atom is -0.174 e. The molecule has 0 N–H and O–H groups in total. The highest BCUT2D eigenvalue weighted by Gasteiger charge is 2.26. The third kappa shape index (κ3) is 2.51. The molecule has 0 aliphatic carbocycles. The highest BCUT2D eigenvalue weighted by atomic mass is 32.2. The lowest BCUT2D eigenvalue weighted by Gasteiger charge is -2.18. The Morgan fingerprint density at radius 2 is 2.40 bits per heavy atom. The lowest BCUT2D eigenvalue weighted by molar-refractivity contribution is 0.284. The molecule has 1 nitrogen and oxygen atoms in total. The number of hydrogen-bond acceptors (Lipinski definition) is 1. The summed E-state index contributed by atoms with van der Waals surface area (Å²) in [5.74, 6) is 2.28. The van der Waals surface area contributed by atoms with Gasteiger partial charge >= 0.3 is 0 Å². The molecule has 10 heavy (non-hydrogen) atoms. The van der Waals surface area contributed by atoms with E-state index in [0.717, 1.165) is 12.5 Å². The van der Waals surface area contributed by atoms with Crippen LogP contribution in [0.1, 0.15) is 26.2 Å². The Bertz CT molecular complexity index is 93.3. The highest BCUT2D eigenvalue weighted by molar-refractivity contribution is 7.91. The molecule has 0 amide bonds. The zero-order valence-electron chi connectivity index (χ0n) is 6.93. The molecular formula is C8H17OS+. The molecule has 0 aromatic carbocycles. The van der Waals surface area contributed by atoms with E-state index < -0.39 is 0 Å². The Morgan fingerprint density at radius 1 is 1.60 bits per heavy atom. The molecule has 2 unspecified atom stereocenters. The van der Waals surface area contributed by atoms with Crippen LogP contribution in [0, 0.1) is 5.92 Å². The van der Waals surface area contributed by atoms with Crippen LogP contribution in [0.5, 0.6) is 0 Å². The van der Waals surface area contributed by atoms with Crippen LogP contribution in [0.3, 0.4) is 0 Å². The molecular weight excluding hydrogens is 144 g/mol. The maximum Gasteiger partial charge on any atom is 0.144 e. The van der Waals surface area contributed by atoms with Gasteiger partial charge in [0.15, 0.2) is 0 Å². The summed E-state index contributed by atoms with van der Waals surface area (Å²) in [5, 5.41) is 0. The van der Waals surface area contributed by atoms with Crippen LogP contribution >= 0.6 is 0 Å². The first-order valence-corrected chi connectivity index (χ1v) is 5.81. The van der Waals surface area contributed by atoms with Crippen LogP contribution in [0.25, 0.3) is 0 Å². The van der Waals surface area contributed by atoms with Crippen molar-refractivity contribution in [1.82, 2.24) is 0 Å². The summed E-state index contributed by atoms with van der Waals surface area (Å²) in [5.41, 5.74) is 0. The van der Waals surface area contributed by atoms with E-state index in [1.54, 1.807) is 0 Å². The lowest BCUT2D eigenvalue weighted by Crippen LogP contribution is -2.25. The molecule has 1 aliphatic heterocycles. The van der Waals surface area contributed by atoms with Crippen molar-refractivity contribution in [3.8, 4) is 0 Å². The Hall–Kier alpha value is 0.310. The van der Waals surface area contributed by atoms with E-state index in [9.17, 15) is 0 Å². The van der Waals surface area contributed by atoms with E-state index >= 15 is 0 Å². The summed E-state index contributed by atoms with van der Waals surface area (Å²) in [6.07, 6.45) is 6.25. The molecule has 0 spiro atoms. The fourth-order valence-electron chi connectivity index (χ4n) is 1.46. The zero-order chi connectivity index (χ0) is 7.40. The summed E-state index contributed by atoms with van der Waals surface area (Å²) in [6, 6.07) is 0. The average Bonchev–Trinajstić information content (AvgIpc) is 1.88. The SMILES string of the molecule is CCCC1CCO[S+](C)C1. The Morgan fingerprint density at radius 3 is 3.00 bits per heavy atom. The molecule has 1 saturated heterocycles. The number of hydrogen-bond donors (Lipinski definition) is 0. The molecule has 0 aromatic rings. The van der Waals surface area contributed by atoms with E-state index in [-0.39, 0.29) is 11.2 Å². The highest BCUT2D eigenvalue weighted by Crippen LogP contribution is 2.20. The molecule has 60 valence electrons. The van der Waals surface area contributed by atoms with E-state index in [2.05, 4.69) is 13.2 Å². The van der Waals surface area contributed by atoms with Crippen molar-refractivity contribution in [2.45, 2.75) is 26.2 Å². The van der Waals surface area contributed by atoms with Crippen molar-refractivity contribution in [2.24, 2.45) is 5.92 Å². The van der Waals surface area contributed by atoms with Crippen LogP contribution in [-0.4, -0.2) is 18.6 Å². The maximum absolute atomic E-state index is 5.48. The van der Waals surface area contributed by atoms with Gasteiger partial charge in [0.25, 0.3) is 0 Å². The van der Waals surface area contributed by atoms with Gasteiger partial charge in [0.2, 0.25) is 0 Å². The quantitative estimate of drug-likeness (QED) is 0.563. The summed E-state index contributed by atoms with van der Waals surface area (Å²) in [6.45, 7) is 3.27. The first-order valence-electron chi connectivity index (χ1n) is 4.08. The predicted molar refractivity (Wildman–Crippen MR) is 47.1 cm³/mol. The van der Waals surface area contributed by atoms with Crippen molar-refractivity contribution in [3.63, 3.8) is 0 Å². The number of rotatable bonds is 2. The second-order valence-corrected chi connectivity index (χ2v) is 4.72. The van der Waals surface area contributed by atoms with Crippen molar-refractivity contribution in [3.05, 3.63) is 0 Å². The normalized spacial score (nSPS) is 34.2. The van der Waals surface area contributed by atoms with Crippen molar-refractivity contribution in [1.29, 1.82) is 0 Å². The standard InChI is InChI=1S/C8H17OS/c1-3-4-8-5-6-9-10(2)7-8/h8H,3-7H2,1-2H3/q+1. The minimum absolute atomic E-state index is 0.278. The molecule has 1 rings (SSSR count). The van der Waals surface area contributed by atoms with Gasteiger partial charge in [-0.2, -0.15) is 4.18 Å². The molecule has 1 aliphatic rings. The topological polar surface area (TPSA) is 9.23 Å². The smallest absolute Gasteiger partial charge is 0.144 e. The fraction of sp³-hybridized carbons (Fsp3) is 1.00. The molecule has 2 atom stereocenters. The molecule has 0 radical (unpaired) electrons. The zero-order valence-corrected chi connectivity index (χ0v) is 7.75. The largest absolute Gasteiger partial charge is 0.174 e. The molecule has 0 bridgehead atoms. The predicted octanol–water partition coefficient (Wildman–Crippen LogP) is 1.99. The average molecular weight is 161 g/mol. The van der Waals surface area contributed by atoms with Crippen LogP contribution in [0.4, 0.5) is 0 Å². The van der Waals surface area contributed by atoms with Gasteiger partial charge in [-0.05, 0) is 12.8 Å². The summed E-state index contributed by atoms with van der Waals surface area (Å²) >= 11 is 0.278. The minimum atomic E-state index is 0.278. The van der Waals surface area contributed by atoms with Crippen LogP contribution in [0.2, 0.25) is 0 Å². The second-order valence-electron chi connectivity index (χ2n) is 3.01. The third-order valence-electron chi connectivity index (χ3n) is 1.98. The van der Waals surface area contributed by atoms with Crippen molar-refractivity contribution >= 4 is 11.2 Å². The van der Waals surface area contributed by atoms with Gasteiger partial charge in [-0.3, -0.25) is 0 Å². The first kappa shape index (κ1) is 8.41. The van der Waals surface area contributed by atoms with Gasteiger partial charge in [0.1, 0.15) is 29.8 Å². The molecule has 1 heterocycles. The van der Waals surface area contributed by atoms with Gasteiger partial charge in [-0.25, -0.2) is 0 Å². The Balaban J connectivity index is 2.18. The summed E-state index contributed by atoms with van der Waals surface area (Å²) in [4.78, 5) is 0. The van der Waals surface area contributed by atoms with E-state index in [1.807, 2.05) is 0 Å². The third-order valence-corrected chi connectivity index (χ3v) is 3.49. The van der Waals surface area contributed by atoms with Gasteiger partial charge in [-0.1, -0.05) is 13.3 Å². The van der Waals surface area contributed by atoms with Gasteiger partial charge in [0, 0.05) is 5.92 Å². The monoisotopic (exact) mass is 161 g/mol. The lowest BCUT2D eigenvalue weighted by atomic mass is 10.0. The molecule has 2 heteroatoms. The van der Waals surface area contributed by atoms with Crippen molar-refractivity contribution < 1.29 is 4.18 Å². The van der Waals surface area contributed by atoms with E-state index in [4.69, 9.17) is 4.18 Å². The van der Waals surface area contributed by atoms with Gasteiger partial charge in [0.05, 0.1) is 0 Å². The van der Waals surface area contributed by atoms with Gasteiger partial charge in [-0.15, -0.1) is 0 Å². The second kappa shape index (κ2) is 4.24. The van der Waals surface area contributed by atoms with Crippen LogP contribution in [-0.2, 0) is 15.4 Å². The Kier molecular flexibility index (Phi) is 3.57. The Labute approximate surface area is 66.7 Å². The maximum atomic E-state index is 5.48. The van der Waals surface area contributed by atoms with E-state index in [1.165, 1.54) is 25.0 Å². The fourth-order valence-corrected chi connectivity index (χ4v) is 2.93. The van der Waals surface area contributed by atoms with Crippen molar-refractivity contribution in [2.75, 3.05) is 18.6 Å². The summed E-state index contributed by atoms with van der Waals surface area (Å²) in [7, 11) is 0. The van der Waals surface area contributed by atoms with Crippen LogP contribution < -0.4 is 0 Å².